The number of carboxylic acid groups (broad SMARTS) is 1. The molecular weight excluding hydrogens is 272 g/mol. The Kier molecular flexibility index (Phi) is 7.47. The summed E-state index contributed by atoms with van der Waals surface area (Å²) in [5.74, 6) is 0.584. The molecule has 0 atom stereocenters. The molecule has 0 unspecified atom stereocenters. The maximum Gasteiger partial charge on any atom is 0.404 e. The van der Waals surface area contributed by atoms with Crippen LogP contribution in [0.2, 0.25) is 0 Å². The quantitative estimate of drug-likeness (QED) is 0.568. The predicted octanol–water partition coefficient (Wildman–Crippen LogP) is 3.62. The molecule has 20 heavy (non-hydrogen) atoms. The molecule has 0 spiro atoms. The molecule has 0 heterocycles. The highest BCUT2D eigenvalue weighted by Gasteiger charge is 2.09. The number of amides is 1. The summed E-state index contributed by atoms with van der Waals surface area (Å²) in [6.45, 7) is 8.83. The van der Waals surface area contributed by atoms with Crippen LogP contribution in [0.3, 0.4) is 0 Å². The fourth-order valence-electron chi connectivity index (χ4n) is 1.78. The highest BCUT2D eigenvalue weighted by Crippen LogP contribution is 2.24. The third-order valence-electron chi connectivity index (χ3n) is 2.68. The maximum absolute atomic E-state index is 10.4. The Morgan fingerprint density at radius 3 is 2.55 bits per heavy atom. The van der Waals surface area contributed by atoms with E-state index in [0.29, 0.717) is 12.5 Å². The van der Waals surface area contributed by atoms with Gasteiger partial charge in [-0.1, -0.05) is 31.5 Å². The predicted molar refractivity (Wildman–Crippen MR) is 84.1 cm³/mol. The lowest BCUT2D eigenvalue weighted by Crippen LogP contribution is -2.27. The smallest absolute Gasteiger partial charge is 0.404 e. The van der Waals surface area contributed by atoms with Crippen LogP contribution in [0.1, 0.15) is 25.8 Å². The molecule has 0 aliphatic rings. The van der Waals surface area contributed by atoms with Gasteiger partial charge < -0.3 is 10.4 Å². The zero-order valence-electron chi connectivity index (χ0n) is 12.4. The molecule has 2 N–H and O–H groups in total. The number of nitrogens with one attached hydrogen (secondary N) is 1. The second-order valence-electron chi connectivity index (χ2n) is 5.27. The van der Waals surface area contributed by atoms with Gasteiger partial charge in [0.15, 0.2) is 0 Å². The molecule has 0 fully saturated rings. The van der Waals surface area contributed by atoms with Crippen molar-refractivity contribution >= 4 is 18.0 Å². The van der Waals surface area contributed by atoms with E-state index in [0.717, 1.165) is 19.5 Å². The molecule has 0 saturated heterocycles. The summed E-state index contributed by atoms with van der Waals surface area (Å²) in [6, 6.07) is 8.48. The molecule has 5 heteroatoms. The van der Waals surface area contributed by atoms with Gasteiger partial charge in [-0.05, 0) is 43.3 Å². The number of benzene rings is 1. The van der Waals surface area contributed by atoms with Gasteiger partial charge in [-0.3, -0.25) is 0 Å². The van der Waals surface area contributed by atoms with Gasteiger partial charge >= 0.3 is 6.09 Å². The van der Waals surface area contributed by atoms with Gasteiger partial charge in [0.25, 0.3) is 0 Å². The molecular formula is C15H24N2O2S. The number of hydrogen-bond acceptors (Lipinski definition) is 3. The number of nitrogens with zero attached hydrogens (tertiary/aromatic N) is 1. The number of rotatable bonds is 8. The van der Waals surface area contributed by atoms with E-state index < -0.39 is 6.09 Å². The lowest BCUT2D eigenvalue weighted by molar-refractivity contribution is 0.194. The van der Waals surface area contributed by atoms with Crippen molar-refractivity contribution in [1.29, 1.82) is 0 Å². The van der Waals surface area contributed by atoms with E-state index >= 15 is 0 Å². The molecule has 0 saturated carbocycles. The van der Waals surface area contributed by atoms with Crippen molar-refractivity contribution in [2.45, 2.75) is 32.1 Å². The summed E-state index contributed by atoms with van der Waals surface area (Å²) >= 11 is 1.74. The third-order valence-corrected chi connectivity index (χ3v) is 3.76. The van der Waals surface area contributed by atoms with E-state index in [1.165, 1.54) is 10.5 Å². The summed E-state index contributed by atoms with van der Waals surface area (Å²) in [5, 5.41) is 11.0. The molecule has 112 valence electrons. The van der Waals surface area contributed by atoms with E-state index in [1.807, 2.05) is 0 Å². The molecule has 1 amide bonds. The summed E-state index contributed by atoms with van der Waals surface area (Å²) in [4.78, 5) is 11.6. The topological polar surface area (TPSA) is 52.6 Å². The first-order chi connectivity index (χ1) is 9.47. The van der Waals surface area contributed by atoms with E-state index in [1.54, 1.807) is 11.9 Å². The minimum absolute atomic E-state index is 0.498. The highest BCUT2D eigenvalue weighted by molar-refractivity contribution is 7.97. The minimum atomic E-state index is -0.952. The van der Waals surface area contributed by atoms with Gasteiger partial charge in [0.1, 0.15) is 0 Å². The van der Waals surface area contributed by atoms with Crippen molar-refractivity contribution in [3.8, 4) is 0 Å². The number of hydrogen-bond donors (Lipinski definition) is 2. The summed E-state index contributed by atoms with van der Waals surface area (Å²) in [6.07, 6.45) is -0.135. The van der Waals surface area contributed by atoms with Crippen LogP contribution in [-0.2, 0) is 0 Å². The van der Waals surface area contributed by atoms with E-state index in [-0.39, 0.29) is 0 Å². The van der Waals surface area contributed by atoms with Crippen LogP contribution in [0.4, 0.5) is 4.79 Å². The van der Waals surface area contributed by atoms with Crippen molar-refractivity contribution in [2.75, 3.05) is 19.6 Å². The van der Waals surface area contributed by atoms with Gasteiger partial charge in [0.2, 0.25) is 0 Å². The zero-order valence-corrected chi connectivity index (χ0v) is 13.2. The standard InChI is InChI=1S/C15H24N2O2S/c1-12(2)11-17(10-4-9-16-15(18)19)20-14-7-5-13(3)6-8-14/h5-8,12,16H,4,9-11H2,1-3H3,(H,18,19). The first-order valence-corrected chi connectivity index (χ1v) is 7.71. The highest BCUT2D eigenvalue weighted by atomic mass is 32.2. The molecule has 0 aliphatic heterocycles. The van der Waals surface area contributed by atoms with Crippen molar-refractivity contribution in [1.82, 2.24) is 9.62 Å². The number of aryl methyl sites for hydroxylation is 1. The molecule has 1 aromatic rings. The largest absolute Gasteiger partial charge is 0.465 e. The normalized spacial score (nSPS) is 11.1. The molecule has 1 aromatic carbocycles. The van der Waals surface area contributed by atoms with Gasteiger partial charge in [0.05, 0.1) is 0 Å². The SMILES string of the molecule is Cc1ccc(SN(CCCNC(=O)O)CC(C)C)cc1. The Hall–Kier alpha value is -1.20. The molecule has 1 rings (SSSR count). The monoisotopic (exact) mass is 296 g/mol. The van der Waals surface area contributed by atoms with Crippen LogP contribution in [0.5, 0.6) is 0 Å². The second kappa shape index (κ2) is 8.87. The third kappa shape index (κ3) is 7.40. The van der Waals surface area contributed by atoms with Crippen molar-refractivity contribution in [3.63, 3.8) is 0 Å². The van der Waals surface area contributed by atoms with Gasteiger partial charge in [0, 0.05) is 24.5 Å². The second-order valence-corrected chi connectivity index (χ2v) is 6.44. The van der Waals surface area contributed by atoms with Crippen LogP contribution in [0, 0.1) is 12.8 Å². The van der Waals surface area contributed by atoms with E-state index in [4.69, 9.17) is 5.11 Å². The van der Waals surface area contributed by atoms with Crippen LogP contribution in [0.25, 0.3) is 0 Å². The molecule has 4 nitrogen and oxygen atoms in total. The van der Waals surface area contributed by atoms with Gasteiger partial charge in [-0.2, -0.15) is 0 Å². The zero-order chi connectivity index (χ0) is 15.0. The van der Waals surface area contributed by atoms with Crippen LogP contribution in [0.15, 0.2) is 29.2 Å². The fourth-order valence-corrected chi connectivity index (χ4v) is 2.93. The average molecular weight is 296 g/mol. The Morgan fingerprint density at radius 1 is 1.35 bits per heavy atom. The molecule has 0 aromatic heterocycles. The number of carbonyl (C=O) groups is 1. The minimum Gasteiger partial charge on any atom is -0.465 e. The van der Waals surface area contributed by atoms with Crippen LogP contribution >= 0.6 is 11.9 Å². The van der Waals surface area contributed by atoms with Crippen molar-refractivity contribution in [3.05, 3.63) is 29.8 Å². The Morgan fingerprint density at radius 2 is 2.00 bits per heavy atom. The van der Waals surface area contributed by atoms with Crippen LogP contribution in [-0.4, -0.2) is 35.1 Å². The molecule has 0 aliphatic carbocycles. The summed E-state index contributed by atoms with van der Waals surface area (Å²) in [7, 11) is 0. The van der Waals surface area contributed by atoms with Crippen molar-refractivity contribution in [2.24, 2.45) is 5.92 Å². The Balaban J connectivity index is 2.46. The lowest BCUT2D eigenvalue weighted by Gasteiger charge is -2.23. The van der Waals surface area contributed by atoms with E-state index in [2.05, 4.69) is 54.7 Å². The van der Waals surface area contributed by atoms with Crippen molar-refractivity contribution < 1.29 is 9.90 Å². The fraction of sp³-hybridized carbons (Fsp3) is 0.533. The van der Waals surface area contributed by atoms with Gasteiger partial charge in [-0.15, -0.1) is 0 Å². The molecule has 0 bridgehead atoms. The Labute approximate surface area is 125 Å². The van der Waals surface area contributed by atoms with Gasteiger partial charge in [-0.25, -0.2) is 9.10 Å². The molecule has 0 radical (unpaired) electrons. The summed E-state index contributed by atoms with van der Waals surface area (Å²) < 4.78 is 2.30. The average Bonchev–Trinajstić information content (AvgIpc) is 2.36. The maximum atomic E-state index is 10.4. The Bertz CT molecular complexity index is 407. The first kappa shape index (κ1) is 16.9. The van der Waals surface area contributed by atoms with E-state index in [9.17, 15) is 4.79 Å². The summed E-state index contributed by atoms with van der Waals surface area (Å²) in [5.41, 5.74) is 1.26. The lowest BCUT2D eigenvalue weighted by atomic mass is 10.2. The van der Waals surface area contributed by atoms with Crippen LogP contribution < -0.4 is 5.32 Å². The first-order valence-electron chi connectivity index (χ1n) is 6.93.